The van der Waals surface area contributed by atoms with Crippen LogP contribution in [0.5, 0.6) is 0 Å². The first kappa shape index (κ1) is 13.2. The third-order valence-electron chi connectivity index (χ3n) is 2.42. The van der Waals surface area contributed by atoms with Crippen LogP contribution in [0.2, 0.25) is 0 Å². The van der Waals surface area contributed by atoms with Crippen molar-refractivity contribution < 1.29 is 9.59 Å². The van der Waals surface area contributed by atoms with Crippen molar-refractivity contribution in [2.24, 2.45) is 11.5 Å². The molecule has 0 saturated heterocycles. The molecule has 0 aliphatic heterocycles. The van der Waals surface area contributed by atoms with Crippen molar-refractivity contribution in [3.63, 3.8) is 0 Å². The average Bonchev–Trinajstić information content (AvgIpc) is 2.29. The predicted molar refractivity (Wildman–Crippen MR) is 64.8 cm³/mol. The normalized spacial score (nSPS) is 13.8. The quantitative estimate of drug-likeness (QED) is 0.673. The number of hydrogen-bond donors (Lipinski definition) is 3. The zero-order chi connectivity index (χ0) is 12.8. The van der Waals surface area contributed by atoms with E-state index >= 15 is 0 Å². The van der Waals surface area contributed by atoms with Gasteiger partial charge in [0.2, 0.25) is 11.8 Å². The Hall–Kier alpha value is -1.88. The summed E-state index contributed by atoms with van der Waals surface area (Å²) in [7, 11) is 0. The van der Waals surface area contributed by atoms with E-state index in [-0.39, 0.29) is 18.4 Å². The summed E-state index contributed by atoms with van der Waals surface area (Å²) in [5.41, 5.74) is 11.5. The summed E-state index contributed by atoms with van der Waals surface area (Å²) >= 11 is 0. The van der Waals surface area contributed by atoms with Crippen molar-refractivity contribution >= 4 is 11.8 Å². The molecule has 92 valence electrons. The Bertz CT molecular complexity index is 392. The number of carbonyl (C=O) groups excluding carboxylic acids is 2. The van der Waals surface area contributed by atoms with Gasteiger partial charge < -0.3 is 16.8 Å². The fourth-order valence-corrected chi connectivity index (χ4v) is 1.45. The summed E-state index contributed by atoms with van der Waals surface area (Å²) in [5, 5.41) is 2.73. The zero-order valence-electron chi connectivity index (χ0n) is 9.72. The fourth-order valence-electron chi connectivity index (χ4n) is 1.45. The monoisotopic (exact) mass is 235 g/mol. The molecule has 0 fully saturated rings. The molecule has 0 heterocycles. The van der Waals surface area contributed by atoms with E-state index < -0.39 is 11.9 Å². The van der Waals surface area contributed by atoms with Crippen molar-refractivity contribution in [2.45, 2.75) is 25.4 Å². The molecule has 5 heteroatoms. The van der Waals surface area contributed by atoms with Crippen molar-refractivity contribution in [1.82, 2.24) is 5.32 Å². The molecule has 2 amide bonds. The molecule has 0 aliphatic rings. The second-order valence-electron chi connectivity index (χ2n) is 3.92. The van der Waals surface area contributed by atoms with Crippen LogP contribution >= 0.6 is 0 Å². The van der Waals surface area contributed by atoms with Gasteiger partial charge in [0.05, 0.1) is 18.5 Å². The predicted octanol–water partition coefficient (Wildman–Crippen LogP) is 0.0665. The third-order valence-corrected chi connectivity index (χ3v) is 2.42. The number of amides is 2. The molecule has 1 rings (SSSR count). The Labute approximate surface area is 100 Å². The lowest BCUT2D eigenvalue weighted by atomic mass is 10.1. The summed E-state index contributed by atoms with van der Waals surface area (Å²) in [6.07, 6.45) is -0.145. The molecule has 1 aromatic carbocycles. The Morgan fingerprint density at radius 2 is 1.88 bits per heavy atom. The molecule has 0 radical (unpaired) electrons. The standard InChI is InChI=1S/C12H17N3O2/c1-8(9-5-3-2-4-6-9)15-12(17)10(13)7-11(14)16/h2-6,8,10H,7,13H2,1H3,(H2,14,16)(H,15,17). The molecule has 5 nitrogen and oxygen atoms in total. The van der Waals surface area contributed by atoms with Crippen LogP contribution in [-0.4, -0.2) is 17.9 Å². The largest absolute Gasteiger partial charge is 0.370 e. The van der Waals surface area contributed by atoms with Gasteiger partial charge in [0, 0.05) is 0 Å². The lowest BCUT2D eigenvalue weighted by molar-refractivity contribution is -0.126. The van der Waals surface area contributed by atoms with Crippen molar-refractivity contribution in [3.05, 3.63) is 35.9 Å². The van der Waals surface area contributed by atoms with Gasteiger partial charge >= 0.3 is 0 Å². The molecule has 2 unspecified atom stereocenters. The van der Waals surface area contributed by atoms with Crippen LogP contribution in [0.25, 0.3) is 0 Å². The highest BCUT2D eigenvalue weighted by Gasteiger charge is 2.18. The average molecular weight is 235 g/mol. The number of hydrogen-bond acceptors (Lipinski definition) is 3. The minimum absolute atomic E-state index is 0.145. The van der Waals surface area contributed by atoms with Gasteiger partial charge in [-0.25, -0.2) is 0 Å². The van der Waals surface area contributed by atoms with E-state index in [1.165, 1.54) is 0 Å². The van der Waals surface area contributed by atoms with E-state index in [4.69, 9.17) is 11.5 Å². The van der Waals surface area contributed by atoms with E-state index in [0.29, 0.717) is 0 Å². The van der Waals surface area contributed by atoms with Crippen LogP contribution in [0.3, 0.4) is 0 Å². The maximum absolute atomic E-state index is 11.6. The fraction of sp³-hybridized carbons (Fsp3) is 0.333. The van der Waals surface area contributed by atoms with E-state index in [9.17, 15) is 9.59 Å². The summed E-state index contributed by atoms with van der Waals surface area (Å²) in [6.45, 7) is 1.85. The van der Waals surface area contributed by atoms with Crippen molar-refractivity contribution in [1.29, 1.82) is 0 Å². The van der Waals surface area contributed by atoms with Gasteiger partial charge in [-0.05, 0) is 12.5 Å². The van der Waals surface area contributed by atoms with Crippen LogP contribution in [0.15, 0.2) is 30.3 Å². The highest BCUT2D eigenvalue weighted by Crippen LogP contribution is 2.11. The molecule has 0 saturated carbocycles. The number of carbonyl (C=O) groups is 2. The molecule has 17 heavy (non-hydrogen) atoms. The lowest BCUT2D eigenvalue weighted by Crippen LogP contribution is -2.43. The molecule has 5 N–H and O–H groups in total. The first-order chi connectivity index (χ1) is 8.00. The maximum atomic E-state index is 11.6. The van der Waals surface area contributed by atoms with Gasteiger partial charge in [-0.2, -0.15) is 0 Å². The number of primary amides is 1. The molecular weight excluding hydrogens is 218 g/mol. The first-order valence-corrected chi connectivity index (χ1v) is 5.40. The molecule has 0 bridgehead atoms. The Morgan fingerprint density at radius 3 is 2.41 bits per heavy atom. The lowest BCUT2D eigenvalue weighted by Gasteiger charge is -2.17. The van der Waals surface area contributed by atoms with Gasteiger partial charge in [-0.15, -0.1) is 0 Å². The van der Waals surface area contributed by atoms with Crippen LogP contribution in [0.1, 0.15) is 24.9 Å². The van der Waals surface area contributed by atoms with Gasteiger partial charge in [0.25, 0.3) is 0 Å². The summed E-state index contributed by atoms with van der Waals surface area (Å²) in [5.74, 6) is -0.958. The third kappa shape index (κ3) is 4.24. The Kier molecular flexibility index (Phi) is 4.66. The number of rotatable bonds is 5. The summed E-state index contributed by atoms with van der Waals surface area (Å²) in [6, 6.07) is 8.45. The Morgan fingerprint density at radius 1 is 1.29 bits per heavy atom. The molecule has 0 aromatic heterocycles. The molecule has 0 aliphatic carbocycles. The molecule has 1 aromatic rings. The number of nitrogens with one attached hydrogen (secondary N) is 1. The van der Waals surface area contributed by atoms with E-state index in [1.54, 1.807) is 0 Å². The van der Waals surface area contributed by atoms with E-state index in [2.05, 4.69) is 5.32 Å². The van der Waals surface area contributed by atoms with E-state index in [1.807, 2.05) is 37.3 Å². The first-order valence-electron chi connectivity index (χ1n) is 5.40. The minimum atomic E-state index is -0.890. The minimum Gasteiger partial charge on any atom is -0.370 e. The highest BCUT2D eigenvalue weighted by atomic mass is 16.2. The zero-order valence-corrected chi connectivity index (χ0v) is 9.72. The topological polar surface area (TPSA) is 98.2 Å². The molecule has 2 atom stereocenters. The van der Waals surface area contributed by atoms with Crippen LogP contribution in [0, 0.1) is 0 Å². The number of benzene rings is 1. The van der Waals surface area contributed by atoms with Gasteiger partial charge in [0.1, 0.15) is 0 Å². The highest BCUT2D eigenvalue weighted by molar-refractivity contribution is 5.87. The van der Waals surface area contributed by atoms with Crippen molar-refractivity contribution in [2.75, 3.05) is 0 Å². The smallest absolute Gasteiger partial charge is 0.237 e. The second kappa shape index (κ2) is 6.00. The van der Waals surface area contributed by atoms with Crippen molar-refractivity contribution in [3.8, 4) is 0 Å². The summed E-state index contributed by atoms with van der Waals surface area (Å²) < 4.78 is 0. The van der Waals surface area contributed by atoms with Crippen LogP contribution in [-0.2, 0) is 9.59 Å². The van der Waals surface area contributed by atoms with Gasteiger partial charge in [-0.3, -0.25) is 9.59 Å². The van der Waals surface area contributed by atoms with Crippen LogP contribution < -0.4 is 16.8 Å². The van der Waals surface area contributed by atoms with Crippen LogP contribution in [0.4, 0.5) is 0 Å². The molecular formula is C12H17N3O2. The SMILES string of the molecule is CC(NC(=O)C(N)CC(N)=O)c1ccccc1. The Balaban J connectivity index is 2.54. The second-order valence-corrected chi connectivity index (χ2v) is 3.92. The van der Waals surface area contributed by atoms with Gasteiger partial charge in [0.15, 0.2) is 0 Å². The summed E-state index contributed by atoms with van der Waals surface area (Å²) in [4.78, 5) is 22.3. The van der Waals surface area contributed by atoms with Gasteiger partial charge in [-0.1, -0.05) is 30.3 Å². The molecule has 0 spiro atoms. The van der Waals surface area contributed by atoms with E-state index in [0.717, 1.165) is 5.56 Å². The number of nitrogens with two attached hydrogens (primary N) is 2. The maximum Gasteiger partial charge on any atom is 0.237 e.